The third-order valence-electron chi connectivity index (χ3n) is 6.08. The van der Waals surface area contributed by atoms with Crippen LogP contribution in [0.5, 0.6) is 0 Å². The minimum Gasteiger partial charge on any atom is -0.356 e. The monoisotopic (exact) mass is 297 g/mol. The molecule has 1 N–H and O–H groups in total. The van der Waals surface area contributed by atoms with Crippen LogP contribution in [0.4, 0.5) is 0 Å². The number of nitrogens with one attached hydrogen (secondary N) is 1. The lowest BCUT2D eigenvalue weighted by Crippen LogP contribution is -2.43. The second kappa shape index (κ2) is 5.60. The molecule has 0 bridgehead atoms. The van der Waals surface area contributed by atoms with E-state index in [1.54, 1.807) is 0 Å². The number of aliphatic imine (C=N–C) groups is 1. The number of benzene rings is 1. The molecule has 1 saturated heterocycles. The van der Waals surface area contributed by atoms with Gasteiger partial charge in [-0.3, -0.25) is 4.99 Å². The molecule has 2 aliphatic carbocycles. The van der Waals surface area contributed by atoms with Gasteiger partial charge in [-0.1, -0.05) is 37.1 Å². The first-order valence-corrected chi connectivity index (χ1v) is 8.83. The molecule has 4 rings (SSSR count). The summed E-state index contributed by atoms with van der Waals surface area (Å²) >= 11 is 0. The average Bonchev–Trinajstić information content (AvgIpc) is 3.15. The van der Waals surface area contributed by atoms with Crippen molar-refractivity contribution in [3.8, 4) is 0 Å². The lowest BCUT2D eigenvalue weighted by Gasteiger charge is -2.32. The molecule has 1 aromatic rings. The zero-order valence-electron chi connectivity index (χ0n) is 13.6. The molecule has 0 amide bonds. The molecule has 1 spiro atoms. The highest BCUT2D eigenvalue weighted by atomic mass is 15.3. The van der Waals surface area contributed by atoms with E-state index in [-0.39, 0.29) is 0 Å². The maximum atomic E-state index is 4.54. The van der Waals surface area contributed by atoms with Crippen molar-refractivity contribution in [2.24, 2.45) is 10.4 Å². The Bertz CT molecular complexity index is 572. The van der Waals surface area contributed by atoms with E-state index in [9.17, 15) is 0 Å². The normalized spacial score (nSPS) is 26.1. The van der Waals surface area contributed by atoms with Gasteiger partial charge in [0.25, 0.3) is 0 Å². The van der Waals surface area contributed by atoms with Gasteiger partial charge in [-0.2, -0.15) is 0 Å². The van der Waals surface area contributed by atoms with Crippen LogP contribution < -0.4 is 5.32 Å². The Balaban J connectivity index is 1.34. The summed E-state index contributed by atoms with van der Waals surface area (Å²) in [7, 11) is 1.93. The number of fused-ring (bicyclic) bond motifs is 1. The summed E-state index contributed by atoms with van der Waals surface area (Å²) in [6.07, 6.45) is 8.29. The smallest absolute Gasteiger partial charge is 0.193 e. The van der Waals surface area contributed by atoms with Gasteiger partial charge in [-0.15, -0.1) is 0 Å². The first-order valence-electron chi connectivity index (χ1n) is 8.83. The van der Waals surface area contributed by atoms with Crippen LogP contribution in [0.3, 0.4) is 0 Å². The summed E-state index contributed by atoms with van der Waals surface area (Å²) in [4.78, 5) is 7.04. The van der Waals surface area contributed by atoms with Crippen LogP contribution in [0.2, 0.25) is 0 Å². The highest BCUT2D eigenvalue weighted by molar-refractivity contribution is 5.80. The number of likely N-dealkylation sites (tertiary alicyclic amines) is 1. The van der Waals surface area contributed by atoms with Crippen LogP contribution in [-0.4, -0.2) is 37.5 Å². The number of guanidine groups is 1. The van der Waals surface area contributed by atoms with Crippen molar-refractivity contribution < 1.29 is 0 Å². The fraction of sp³-hybridized carbons (Fsp3) is 0.632. The fourth-order valence-electron chi connectivity index (χ4n) is 4.74. The van der Waals surface area contributed by atoms with Crippen molar-refractivity contribution in [3.63, 3.8) is 0 Å². The van der Waals surface area contributed by atoms with Crippen LogP contribution in [0, 0.1) is 5.41 Å². The molecule has 1 heterocycles. The molecule has 1 aromatic carbocycles. The third kappa shape index (κ3) is 2.41. The Kier molecular flexibility index (Phi) is 3.59. The molecule has 1 atom stereocenters. The third-order valence-corrected chi connectivity index (χ3v) is 6.08. The molecule has 2 fully saturated rings. The summed E-state index contributed by atoms with van der Waals surface area (Å²) in [5.74, 6) is 1.78. The molecule has 3 heteroatoms. The van der Waals surface area contributed by atoms with Gasteiger partial charge in [0.2, 0.25) is 0 Å². The van der Waals surface area contributed by atoms with E-state index in [1.165, 1.54) is 62.7 Å². The lowest BCUT2D eigenvalue weighted by molar-refractivity contribution is 0.309. The lowest BCUT2D eigenvalue weighted by atomic mass is 9.78. The van der Waals surface area contributed by atoms with Crippen LogP contribution >= 0.6 is 0 Å². The van der Waals surface area contributed by atoms with Gasteiger partial charge in [-0.25, -0.2) is 0 Å². The van der Waals surface area contributed by atoms with E-state index in [4.69, 9.17) is 0 Å². The zero-order valence-corrected chi connectivity index (χ0v) is 13.6. The van der Waals surface area contributed by atoms with Crippen LogP contribution in [0.25, 0.3) is 0 Å². The minimum atomic E-state index is 0.612. The highest BCUT2D eigenvalue weighted by Crippen LogP contribution is 2.45. The Morgan fingerprint density at radius 3 is 2.86 bits per heavy atom. The van der Waals surface area contributed by atoms with Crippen LogP contribution in [-0.2, 0) is 6.42 Å². The van der Waals surface area contributed by atoms with E-state index in [0.717, 1.165) is 12.5 Å². The molecule has 3 nitrogen and oxygen atoms in total. The molecule has 3 aliphatic rings. The minimum absolute atomic E-state index is 0.612. The number of nitrogens with zero attached hydrogens (tertiary/aromatic N) is 2. The van der Waals surface area contributed by atoms with Gasteiger partial charge in [-0.05, 0) is 42.2 Å². The van der Waals surface area contributed by atoms with Crippen molar-refractivity contribution in [1.82, 2.24) is 10.2 Å². The summed E-state index contributed by atoms with van der Waals surface area (Å²) in [5, 5.41) is 3.64. The van der Waals surface area contributed by atoms with Crippen LogP contribution in [0.1, 0.15) is 49.1 Å². The fourth-order valence-corrected chi connectivity index (χ4v) is 4.74. The Hall–Kier alpha value is -1.51. The van der Waals surface area contributed by atoms with Crippen molar-refractivity contribution in [2.45, 2.75) is 44.4 Å². The summed E-state index contributed by atoms with van der Waals surface area (Å²) in [5.41, 5.74) is 3.66. The summed E-state index contributed by atoms with van der Waals surface area (Å²) in [6.45, 7) is 3.42. The Morgan fingerprint density at radius 1 is 1.27 bits per heavy atom. The number of hydrogen-bond donors (Lipinski definition) is 1. The largest absolute Gasteiger partial charge is 0.356 e. The summed E-state index contributed by atoms with van der Waals surface area (Å²) in [6, 6.07) is 8.83. The van der Waals surface area contributed by atoms with Gasteiger partial charge in [0, 0.05) is 32.6 Å². The van der Waals surface area contributed by atoms with Gasteiger partial charge in [0.05, 0.1) is 0 Å². The maximum absolute atomic E-state index is 4.54. The van der Waals surface area contributed by atoms with Gasteiger partial charge >= 0.3 is 0 Å². The molecule has 0 aromatic heterocycles. The molecule has 1 unspecified atom stereocenters. The molecule has 1 aliphatic heterocycles. The van der Waals surface area contributed by atoms with Gasteiger partial charge < -0.3 is 10.2 Å². The maximum Gasteiger partial charge on any atom is 0.193 e. The van der Waals surface area contributed by atoms with Crippen molar-refractivity contribution in [3.05, 3.63) is 35.4 Å². The second-order valence-electron chi connectivity index (χ2n) is 7.41. The quantitative estimate of drug-likeness (QED) is 0.671. The number of hydrogen-bond acceptors (Lipinski definition) is 1. The second-order valence-corrected chi connectivity index (χ2v) is 7.41. The number of rotatable bonds is 2. The molecular formula is C19H27N3. The van der Waals surface area contributed by atoms with Crippen molar-refractivity contribution >= 4 is 5.96 Å². The predicted molar refractivity (Wildman–Crippen MR) is 91.3 cm³/mol. The molecule has 22 heavy (non-hydrogen) atoms. The standard InChI is InChI=1S/C19H27N3/c1-20-18(22-11-10-19(14-22)8-4-5-9-19)21-13-16-12-15-6-2-3-7-17(15)16/h2-3,6-7,16H,4-5,8-14H2,1H3,(H,20,21). The topological polar surface area (TPSA) is 27.6 Å². The molecule has 1 saturated carbocycles. The first kappa shape index (κ1) is 14.1. The van der Waals surface area contributed by atoms with Crippen LogP contribution in [0.15, 0.2) is 29.3 Å². The average molecular weight is 297 g/mol. The van der Waals surface area contributed by atoms with E-state index >= 15 is 0 Å². The van der Waals surface area contributed by atoms with Gasteiger partial charge in [0.1, 0.15) is 0 Å². The SMILES string of the molecule is CN=C(NCC1Cc2ccccc21)N1CCC2(CCCC2)C1. The molecular weight excluding hydrogens is 270 g/mol. The summed E-state index contributed by atoms with van der Waals surface area (Å²) < 4.78 is 0. The molecule has 118 valence electrons. The van der Waals surface area contributed by atoms with Gasteiger partial charge in [0.15, 0.2) is 5.96 Å². The van der Waals surface area contributed by atoms with Crippen molar-refractivity contribution in [2.75, 3.05) is 26.7 Å². The van der Waals surface area contributed by atoms with E-state index in [0.29, 0.717) is 11.3 Å². The highest BCUT2D eigenvalue weighted by Gasteiger charge is 2.41. The molecule has 0 radical (unpaired) electrons. The van der Waals surface area contributed by atoms with E-state index in [2.05, 4.69) is 39.5 Å². The Morgan fingerprint density at radius 2 is 2.09 bits per heavy atom. The van der Waals surface area contributed by atoms with E-state index < -0.39 is 0 Å². The van der Waals surface area contributed by atoms with E-state index in [1.807, 2.05) is 7.05 Å². The Labute approximate surface area is 133 Å². The van der Waals surface area contributed by atoms with Crippen molar-refractivity contribution in [1.29, 1.82) is 0 Å². The predicted octanol–water partition coefficient (Wildman–Crippen LogP) is 3.17. The zero-order chi connectivity index (χ0) is 15.0. The first-order chi connectivity index (χ1) is 10.8.